The van der Waals surface area contributed by atoms with Crippen molar-refractivity contribution < 1.29 is 0 Å². The molecule has 8 aromatic carbocycles. The molecule has 0 bridgehead atoms. The van der Waals surface area contributed by atoms with Crippen molar-refractivity contribution in [2.24, 2.45) is 4.99 Å². The SMILES string of the molecule is CC(C)(C)c1ccc(-c2c3ccccc3c(-c3ccc(C(C)(C)C)cc3)c3cc(-c4ccc(C(=Nc5ccccc5)Nc5ccccc5)cc4)ccc23)cc1. The maximum atomic E-state index is 5.03. The van der Waals surface area contributed by atoms with E-state index in [1.165, 1.54) is 60.5 Å². The number of hydrogen-bond acceptors (Lipinski definition) is 1. The van der Waals surface area contributed by atoms with Crippen molar-refractivity contribution in [3.8, 4) is 33.4 Å². The zero-order valence-electron chi connectivity index (χ0n) is 32.7. The van der Waals surface area contributed by atoms with Crippen molar-refractivity contribution >= 4 is 38.8 Å². The molecule has 0 heterocycles. The molecule has 55 heavy (non-hydrogen) atoms. The Morgan fingerprint density at radius 3 is 1.36 bits per heavy atom. The summed E-state index contributed by atoms with van der Waals surface area (Å²) in [4.78, 5) is 5.03. The average molecular weight is 713 g/mol. The standard InChI is InChI=1S/C53H48N2/c1-52(2,3)41-30-25-37(26-31-41)49-45-19-13-14-20-46(45)50(38-27-32-42(33-28-38)53(4,5)6)48-35-40(29-34-47(48)49)36-21-23-39(24-22-36)51(54-43-15-9-7-10-16-43)55-44-17-11-8-12-18-44/h7-35H,1-6H3,(H,54,55). The van der Waals surface area contributed by atoms with E-state index in [1.54, 1.807) is 0 Å². The lowest BCUT2D eigenvalue weighted by Crippen LogP contribution is -2.13. The molecule has 0 atom stereocenters. The van der Waals surface area contributed by atoms with Gasteiger partial charge in [-0.05, 0) is 107 Å². The van der Waals surface area contributed by atoms with Crippen molar-refractivity contribution in [1.82, 2.24) is 0 Å². The third-order valence-corrected chi connectivity index (χ3v) is 10.6. The fraction of sp³-hybridized carbons (Fsp3) is 0.151. The minimum absolute atomic E-state index is 0.0767. The predicted octanol–water partition coefficient (Wildman–Crippen LogP) is 14.8. The molecule has 0 saturated carbocycles. The monoisotopic (exact) mass is 712 g/mol. The number of benzene rings is 8. The van der Waals surface area contributed by atoms with E-state index in [0.717, 1.165) is 28.3 Å². The van der Waals surface area contributed by atoms with Gasteiger partial charge in [0, 0.05) is 11.3 Å². The quantitative estimate of drug-likeness (QED) is 0.104. The Bertz CT molecular complexity index is 2620. The smallest absolute Gasteiger partial charge is 0.138 e. The van der Waals surface area contributed by atoms with E-state index < -0.39 is 0 Å². The van der Waals surface area contributed by atoms with Gasteiger partial charge in [-0.2, -0.15) is 0 Å². The fourth-order valence-corrected chi connectivity index (χ4v) is 7.53. The van der Waals surface area contributed by atoms with Crippen LogP contribution in [0.5, 0.6) is 0 Å². The van der Waals surface area contributed by atoms with Crippen molar-refractivity contribution in [2.75, 3.05) is 5.32 Å². The number of anilines is 1. The normalized spacial score (nSPS) is 12.3. The molecular weight excluding hydrogens is 665 g/mol. The molecule has 0 amide bonds. The van der Waals surface area contributed by atoms with Crippen molar-refractivity contribution in [3.05, 3.63) is 193 Å². The number of amidine groups is 1. The van der Waals surface area contributed by atoms with Gasteiger partial charge in [0.05, 0.1) is 5.69 Å². The van der Waals surface area contributed by atoms with Crippen LogP contribution in [-0.4, -0.2) is 5.84 Å². The number of rotatable bonds is 6. The largest absolute Gasteiger partial charge is 0.340 e. The highest BCUT2D eigenvalue weighted by atomic mass is 15.0. The Labute approximate surface area is 326 Å². The van der Waals surface area contributed by atoms with E-state index >= 15 is 0 Å². The van der Waals surface area contributed by atoms with Crippen LogP contribution in [0.1, 0.15) is 58.2 Å². The number of aliphatic imine (C=N–C) groups is 1. The Morgan fingerprint density at radius 1 is 0.400 bits per heavy atom. The number of hydrogen-bond donors (Lipinski definition) is 1. The second kappa shape index (κ2) is 14.5. The van der Waals surface area contributed by atoms with Gasteiger partial charge < -0.3 is 5.32 Å². The molecule has 8 aromatic rings. The second-order valence-corrected chi connectivity index (χ2v) is 16.6. The summed E-state index contributed by atoms with van der Waals surface area (Å²) in [7, 11) is 0. The molecular formula is C53H48N2. The van der Waals surface area contributed by atoms with Gasteiger partial charge in [0.15, 0.2) is 0 Å². The number of fused-ring (bicyclic) bond motifs is 2. The maximum Gasteiger partial charge on any atom is 0.138 e. The van der Waals surface area contributed by atoms with E-state index in [2.05, 4.69) is 174 Å². The Kier molecular flexibility index (Phi) is 9.45. The summed E-state index contributed by atoms with van der Waals surface area (Å²) >= 11 is 0. The molecule has 0 spiro atoms. The highest BCUT2D eigenvalue weighted by Crippen LogP contribution is 2.45. The van der Waals surface area contributed by atoms with Gasteiger partial charge in [0.1, 0.15) is 5.84 Å². The van der Waals surface area contributed by atoms with Crippen LogP contribution in [0, 0.1) is 0 Å². The molecule has 8 rings (SSSR count). The molecule has 0 saturated heterocycles. The van der Waals surface area contributed by atoms with Crippen LogP contribution in [0.3, 0.4) is 0 Å². The summed E-state index contributed by atoms with van der Waals surface area (Å²) in [6.45, 7) is 13.7. The molecule has 0 aliphatic heterocycles. The topological polar surface area (TPSA) is 24.4 Å². The number of para-hydroxylation sites is 2. The molecule has 0 aliphatic carbocycles. The van der Waals surface area contributed by atoms with Gasteiger partial charge in [-0.15, -0.1) is 0 Å². The van der Waals surface area contributed by atoms with E-state index in [-0.39, 0.29) is 10.8 Å². The Balaban J connectivity index is 1.29. The van der Waals surface area contributed by atoms with Crippen LogP contribution in [-0.2, 0) is 10.8 Å². The minimum Gasteiger partial charge on any atom is -0.340 e. The van der Waals surface area contributed by atoms with Crippen LogP contribution < -0.4 is 5.32 Å². The molecule has 0 aromatic heterocycles. The molecule has 0 radical (unpaired) electrons. The van der Waals surface area contributed by atoms with Gasteiger partial charge in [-0.1, -0.05) is 187 Å². The van der Waals surface area contributed by atoms with Gasteiger partial charge in [0.2, 0.25) is 0 Å². The Hall–Kier alpha value is -6.25. The van der Waals surface area contributed by atoms with Crippen LogP contribution in [0.25, 0.3) is 54.9 Å². The summed E-state index contributed by atoms with van der Waals surface area (Å²) in [6, 6.07) is 63.5. The third-order valence-electron chi connectivity index (χ3n) is 10.6. The molecule has 0 fully saturated rings. The van der Waals surface area contributed by atoms with Crippen LogP contribution in [0.15, 0.2) is 181 Å². The van der Waals surface area contributed by atoms with Crippen molar-refractivity contribution in [1.29, 1.82) is 0 Å². The lowest BCUT2D eigenvalue weighted by molar-refractivity contribution is 0.590. The summed E-state index contributed by atoms with van der Waals surface area (Å²) in [5.41, 5.74) is 13.1. The first-order chi connectivity index (χ1) is 26.5. The summed E-state index contributed by atoms with van der Waals surface area (Å²) in [5.74, 6) is 0.803. The van der Waals surface area contributed by atoms with E-state index in [1.807, 2.05) is 48.5 Å². The van der Waals surface area contributed by atoms with E-state index in [0.29, 0.717) is 0 Å². The van der Waals surface area contributed by atoms with E-state index in [9.17, 15) is 0 Å². The molecule has 270 valence electrons. The predicted molar refractivity (Wildman–Crippen MR) is 238 cm³/mol. The van der Waals surface area contributed by atoms with Gasteiger partial charge >= 0.3 is 0 Å². The third kappa shape index (κ3) is 7.46. The fourth-order valence-electron chi connectivity index (χ4n) is 7.53. The first kappa shape index (κ1) is 35.8. The molecule has 2 nitrogen and oxygen atoms in total. The number of nitrogens with one attached hydrogen (secondary N) is 1. The number of nitrogens with zero attached hydrogens (tertiary/aromatic N) is 1. The summed E-state index contributed by atoms with van der Waals surface area (Å²) in [6.07, 6.45) is 0. The zero-order chi connectivity index (χ0) is 38.2. The lowest BCUT2D eigenvalue weighted by Gasteiger charge is -2.22. The zero-order valence-corrected chi connectivity index (χ0v) is 32.7. The first-order valence-electron chi connectivity index (χ1n) is 19.3. The molecule has 2 heteroatoms. The highest BCUT2D eigenvalue weighted by Gasteiger charge is 2.20. The average Bonchev–Trinajstić information content (AvgIpc) is 3.20. The van der Waals surface area contributed by atoms with Crippen LogP contribution in [0.4, 0.5) is 11.4 Å². The molecule has 0 aliphatic rings. The maximum absolute atomic E-state index is 5.03. The molecule has 1 N–H and O–H groups in total. The van der Waals surface area contributed by atoms with Gasteiger partial charge in [0.25, 0.3) is 0 Å². The summed E-state index contributed by atoms with van der Waals surface area (Å²) < 4.78 is 0. The Morgan fingerprint density at radius 2 is 0.836 bits per heavy atom. The van der Waals surface area contributed by atoms with Crippen LogP contribution >= 0.6 is 0 Å². The van der Waals surface area contributed by atoms with E-state index in [4.69, 9.17) is 4.99 Å². The van der Waals surface area contributed by atoms with Gasteiger partial charge in [-0.3, -0.25) is 0 Å². The van der Waals surface area contributed by atoms with Crippen LogP contribution in [0.2, 0.25) is 0 Å². The molecule has 0 unspecified atom stereocenters. The van der Waals surface area contributed by atoms with Gasteiger partial charge in [-0.25, -0.2) is 4.99 Å². The first-order valence-corrected chi connectivity index (χ1v) is 19.3. The van der Waals surface area contributed by atoms with Crippen molar-refractivity contribution in [2.45, 2.75) is 52.4 Å². The highest BCUT2D eigenvalue weighted by molar-refractivity contribution is 6.22. The summed E-state index contributed by atoms with van der Waals surface area (Å²) in [5, 5.41) is 8.59. The van der Waals surface area contributed by atoms with Crippen molar-refractivity contribution in [3.63, 3.8) is 0 Å². The minimum atomic E-state index is 0.0767. The lowest BCUT2D eigenvalue weighted by atomic mass is 9.82. The second-order valence-electron chi connectivity index (χ2n) is 16.6.